The molecule has 12 heavy (non-hydrogen) atoms. The minimum absolute atomic E-state index is 0. The molecule has 0 amide bonds. The Labute approximate surface area is 136 Å². The maximum atomic E-state index is 9.77. The standard InChI is InChI=1S/C6H10O4.K.Na/c7-5(8)3-1-2-4-6(9)10;;/h1-4H2,(H,7,8)(H,9,10);;/q;2*+1/p-2. The summed E-state index contributed by atoms with van der Waals surface area (Å²) >= 11 is 0. The van der Waals surface area contributed by atoms with Crippen LogP contribution in [0.3, 0.4) is 0 Å². The van der Waals surface area contributed by atoms with E-state index in [9.17, 15) is 19.8 Å². The smallest absolute Gasteiger partial charge is 0.550 e. The van der Waals surface area contributed by atoms with Crippen LogP contribution in [0.15, 0.2) is 0 Å². The van der Waals surface area contributed by atoms with Crippen molar-refractivity contribution >= 4 is 11.9 Å². The van der Waals surface area contributed by atoms with Crippen LogP contribution in [-0.4, -0.2) is 11.9 Å². The van der Waals surface area contributed by atoms with Crippen molar-refractivity contribution in [2.45, 2.75) is 25.7 Å². The zero-order valence-corrected chi connectivity index (χ0v) is 12.6. The maximum Gasteiger partial charge on any atom is 1.00 e. The molecule has 0 aromatic carbocycles. The Balaban J connectivity index is -0.000000405. The van der Waals surface area contributed by atoms with Crippen molar-refractivity contribution in [1.82, 2.24) is 0 Å². The van der Waals surface area contributed by atoms with E-state index < -0.39 is 11.9 Å². The SMILES string of the molecule is O=C([O-])CCCCC(=O)[O-].[K+].[Na+]. The number of carboxylic acid groups (broad SMARTS) is 2. The number of carbonyl (C=O) groups excluding carboxylic acids is 2. The van der Waals surface area contributed by atoms with Crippen LogP contribution in [0.5, 0.6) is 0 Å². The molecule has 0 aliphatic rings. The van der Waals surface area contributed by atoms with Crippen LogP contribution in [0.25, 0.3) is 0 Å². The minimum Gasteiger partial charge on any atom is -0.550 e. The summed E-state index contributed by atoms with van der Waals surface area (Å²) in [5.74, 6) is -2.28. The van der Waals surface area contributed by atoms with Crippen LogP contribution in [0.2, 0.25) is 0 Å². The van der Waals surface area contributed by atoms with E-state index in [-0.39, 0.29) is 93.8 Å². The largest absolute Gasteiger partial charge is 1.00 e. The van der Waals surface area contributed by atoms with Crippen molar-refractivity contribution < 1.29 is 101 Å². The maximum absolute atomic E-state index is 9.77. The second-order valence-corrected chi connectivity index (χ2v) is 1.95. The molecule has 0 saturated carbocycles. The molecule has 58 valence electrons. The van der Waals surface area contributed by atoms with Crippen molar-refractivity contribution in [3.63, 3.8) is 0 Å². The monoisotopic (exact) mass is 206 g/mol. The van der Waals surface area contributed by atoms with Crippen molar-refractivity contribution in [3.05, 3.63) is 0 Å². The number of carbonyl (C=O) groups is 2. The Kier molecular flexibility index (Phi) is 20.1. The molecule has 0 radical (unpaired) electrons. The predicted octanol–water partition coefficient (Wildman–Crippen LogP) is -7.95. The van der Waals surface area contributed by atoms with Crippen LogP contribution >= 0.6 is 0 Å². The van der Waals surface area contributed by atoms with Gasteiger partial charge in [0.15, 0.2) is 0 Å². The van der Waals surface area contributed by atoms with Gasteiger partial charge in [-0.1, -0.05) is 0 Å². The van der Waals surface area contributed by atoms with E-state index in [4.69, 9.17) is 0 Å². The average molecular weight is 206 g/mol. The minimum atomic E-state index is -1.14. The van der Waals surface area contributed by atoms with Gasteiger partial charge in [0.25, 0.3) is 0 Å². The summed E-state index contributed by atoms with van der Waals surface area (Å²) in [5, 5.41) is 19.5. The molecule has 0 aliphatic carbocycles. The topological polar surface area (TPSA) is 80.3 Å². The van der Waals surface area contributed by atoms with Crippen molar-refractivity contribution in [3.8, 4) is 0 Å². The number of carboxylic acids is 2. The molecule has 0 unspecified atom stereocenters. The molecule has 0 atom stereocenters. The summed E-state index contributed by atoms with van der Waals surface area (Å²) in [6, 6.07) is 0. The van der Waals surface area contributed by atoms with Gasteiger partial charge in [-0.2, -0.15) is 0 Å². The molecule has 0 aromatic rings. The zero-order valence-electron chi connectivity index (χ0n) is 7.46. The first-order valence-corrected chi connectivity index (χ1v) is 3.02. The summed E-state index contributed by atoms with van der Waals surface area (Å²) < 4.78 is 0. The molecule has 0 rings (SSSR count). The van der Waals surface area contributed by atoms with E-state index in [2.05, 4.69) is 0 Å². The molecule has 0 heterocycles. The van der Waals surface area contributed by atoms with Crippen LogP contribution in [0.1, 0.15) is 25.7 Å². The van der Waals surface area contributed by atoms with Crippen LogP contribution in [-0.2, 0) is 9.59 Å². The molecule has 0 aromatic heterocycles. The molecule has 0 spiro atoms. The quantitative estimate of drug-likeness (QED) is 0.330. The van der Waals surface area contributed by atoms with Crippen LogP contribution < -0.4 is 91.2 Å². The first-order valence-electron chi connectivity index (χ1n) is 3.02. The molecule has 4 nitrogen and oxygen atoms in total. The molecule has 0 N–H and O–H groups in total. The molecule has 0 fully saturated rings. The van der Waals surface area contributed by atoms with Gasteiger partial charge < -0.3 is 19.8 Å². The van der Waals surface area contributed by atoms with Gasteiger partial charge in [0.2, 0.25) is 0 Å². The van der Waals surface area contributed by atoms with Gasteiger partial charge in [-0.05, 0) is 25.7 Å². The zero-order chi connectivity index (χ0) is 7.98. The van der Waals surface area contributed by atoms with E-state index in [0.29, 0.717) is 12.8 Å². The second kappa shape index (κ2) is 12.6. The van der Waals surface area contributed by atoms with Gasteiger partial charge in [-0.25, -0.2) is 0 Å². The number of unbranched alkanes of at least 4 members (excludes halogenated alkanes) is 1. The number of rotatable bonds is 5. The fourth-order valence-electron chi connectivity index (χ4n) is 0.539. The van der Waals surface area contributed by atoms with E-state index in [1.54, 1.807) is 0 Å². The molecule has 0 aliphatic heterocycles. The van der Waals surface area contributed by atoms with Crippen molar-refractivity contribution in [2.24, 2.45) is 0 Å². The molecular weight excluding hydrogens is 198 g/mol. The summed E-state index contributed by atoms with van der Waals surface area (Å²) in [6.07, 6.45) is 0.535. The Morgan fingerprint density at radius 3 is 1.33 bits per heavy atom. The van der Waals surface area contributed by atoms with E-state index in [1.807, 2.05) is 0 Å². The van der Waals surface area contributed by atoms with Crippen molar-refractivity contribution in [2.75, 3.05) is 0 Å². The van der Waals surface area contributed by atoms with Crippen LogP contribution in [0, 0.1) is 0 Å². The second-order valence-electron chi connectivity index (χ2n) is 1.95. The van der Waals surface area contributed by atoms with Gasteiger partial charge in [-0.3, -0.25) is 0 Å². The van der Waals surface area contributed by atoms with Gasteiger partial charge >= 0.3 is 80.9 Å². The number of aliphatic carboxylic acids is 2. The van der Waals surface area contributed by atoms with Crippen LogP contribution in [0.4, 0.5) is 0 Å². The van der Waals surface area contributed by atoms with Gasteiger partial charge in [0.1, 0.15) is 0 Å². The molecule has 0 bridgehead atoms. The molecule has 0 saturated heterocycles. The van der Waals surface area contributed by atoms with E-state index in [0.717, 1.165) is 0 Å². The first kappa shape index (κ1) is 19.2. The number of hydrogen-bond donors (Lipinski definition) is 0. The van der Waals surface area contributed by atoms with Gasteiger partial charge in [-0.15, -0.1) is 0 Å². The van der Waals surface area contributed by atoms with Gasteiger partial charge in [0.05, 0.1) is 0 Å². The Bertz CT molecular complexity index is 124. The summed E-state index contributed by atoms with van der Waals surface area (Å²) in [4.78, 5) is 19.5. The third-order valence-corrected chi connectivity index (χ3v) is 1.01. The van der Waals surface area contributed by atoms with E-state index in [1.165, 1.54) is 0 Å². The summed E-state index contributed by atoms with van der Waals surface area (Å²) in [6.45, 7) is 0. The third-order valence-electron chi connectivity index (χ3n) is 1.01. The Hall–Kier alpha value is 1.58. The Morgan fingerprint density at radius 2 is 1.17 bits per heavy atom. The van der Waals surface area contributed by atoms with Crippen molar-refractivity contribution in [1.29, 1.82) is 0 Å². The summed E-state index contributed by atoms with van der Waals surface area (Å²) in [5.41, 5.74) is 0. The first-order chi connectivity index (χ1) is 4.63. The average Bonchev–Trinajstić information content (AvgIpc) is 1.79. The Morgan fingerprint density at radius 1 is 0.917 bits per heavy atom. The summed E-state index contributed by atoms with van der Waals surface area (Å²) in [7, 11) is 0. The van der Waals surface area contributed by atoms with Gasteiger partial charge in [0, 0.05) is 11.9 Å². The molecule has 6 heteroatoms. The number of hydrogen-bond acceptors (Lipinski definition) is 4. The third kappa shape index (κ3) is 17.6. The fraction of sp³-hybridized carbons (Fsp3) is 0.667. The molecular formula is C6H8KNaO4. The van der Waals surface area contributed by atoms with E-state index >= 15 is 0 Å². The fourth-order valence-corrected chi connectivity index (χ4v) is 0.539. The normalized spacial score (nSPS) is 7.67. The predicted molar refractivity (Wildman–Crippen MR) is 28.5 cm³/mol.